The zero-order valence-electron chi connectivity index (χ0n) is 19.8. The van der Waals surface area contributed by atoms with Crippen molar-refractivity contribution < 1.29 is 29.0 Å². The molecule has 0 heterocycles. The zero-order valence-corrected chi connectivity index (χ0v) is 19.8. The van der Waals surface area contributed by atoms with Crippen LogP contribution in [0.2, 0.25) is 0 Å². The molecule has 184 valence electrons. The van der Waals surface area contributed by atoms with Gasteiger partial charge in [-0.25, -0.2) is 0 Å². The van der Waals surface area contributed by atoms with Crippen LogP contribution in [-0.4, -0.2) is 60.4 Å². The van der Waals surface area contributed by atoms with Gasteiger partial charge in [0.1, 0.15) is 5.75 Å². The standard InChI is InChI=1S/C23H35N3O4.CH2O2/c1-4-30-20-13-8-17(14-16(20)2)6-5-7-22(28)25-19-11-9-18(10-12-19)23(29)26(3)15-21(24)27;2-1-3/h8,13-14,18-19H,4-7,9-12,15H2,1-3H3,(H2,24,27)(H,25,28);1H,(H,2,3). The number of carbonyl (C=O) groups is 4. The molecule has 2 rings (SSSR count). The summed E-state index contributed by atoms with van der Waals surface area (Å²) in [6, 6.07) is 6.30. The number of hydrogen-bond donors (Lipinski definition) is 3. The highest BCUT2D eigenvalue weighted by Gasteiger charge is 2.29. The average molecular weight is 464 g/mol. The van der Waals surface area contributed by atoms with E-state index < -0.39 is 5.91 Å². The van der Waals surface area contributed by atoms with Gasteiger partial charge in [-0.2, -0.15) is 0 Å². The van der Waals surface area contributed by atoms with Gasteiger partial charge in [-0.1, -0.05) is 12.1 Å². The molecule has 0 aromatic heterocycles. The van der Waals surface area contributed by atoms with Gasteiger partial charge >= 0.3 is 0 Å². The molecular weight excluding hydrogens is 426 g/mol. The number of nitrogens with zero attached hydrogens (tertiary/aromatic N) is 1. The summed E-state index contributed by atoms with van der Waals surface area (Å²) in [6.45, 7) is 4.36. The monoisotopic (exact) mass is 463 g/mol. The van der Waals surface area contributed by atoms with E-state index in [1.54, 1.807) is 7.05 Å². The van der Waals surface area contributed by atoms with Crippen LogP contribution >= 0.6 is 0 Å². The lowest BCUT2D eigenvalue weighted by Crippen LogP contribution is -2.43. The van der Waals surface area contributed by atoms with Crippen LogP contribution in [0.15, 0.2) is 18.2 Å². The summed E-state index contributed by atoms with van der Waals surface area (Å²) in [5.74, 6) is 0.342. The summed E-state index contributed by atoms with van der Waals surface area (Å²) in [6.07, 6.45) is 5.15. The fourth-order valence-electron chi connectivity index (χ4n) is 4.05. The summed E-state index contributed by atoms with van der Waals surface area (Å²) in [5.41, 5.74) is 7.48. The van der Waals surface area contributed by atoms with Crippen LogP contribution in [0.5, 0.6) is 5.75 Å². The number of carbonyl (C=O) groups excluding carboxylic acids is 3. The minimum absolute atomic E-state index is 0.0378. The number of nitrogens with one attached hydrogen (secondary N) is 1. The minimum Gasteiger partial charge on any atom is -0.494 e. The molecule has 1 aliphatic carbocycles. The molecule has 0 aliphatic heterocycles. The number of rotatable bonds is 10. The van der Waals surface area contributed by atoms with Gasteiger partial charge in [-0.05, 0) is 69.6 Å². The molecule has 1 aliphatic rings. The first-order chi connectivity index (χ1) is 15.7. The second-order valence-electron chi connectivity index (χ2n) is 8.27. The van der Waals surface area contributed by atoms with Gasteiger partial charge in [0.25, 0.3) is 6.47 Å². The first-order valence-electron chi connectivity index (χ1n) is 11.3. The van der Waals surface area contributed by atoms with Crippen LogP contribution in [0.1, 0.15) is 56.6 Å². The summed E-state index contributed by atoms with van der Waals surface area (Å²) in [5, 5.41) is 9.99. The third-order valence-corrected chi connectivity index (χ3v) is 5.62. The Kier molecular flexibility index (Phi) is 12.6. The van der Waals surface area contributed by atoms with Crippen molar-refractivity contribution in [2.45, 2.75) is 64.8 Å². The van der Waals surface area contributed by atoms with Crippen molar-refractivity contribution in [1.82, 2.24) is 10.2 Å². The van der Waals surface area contributed by atoms with E-state index >= 15 is 0 Å². The summed E-state index contributed by atoms with van der Waals surface area (Å²) < 4.78 is 5.56. The van der Waals surface area contributed by atoms with Crippen molar-refractivity contribution in [1.29, 1.82) is 0 Å². The van der Waals surface area contributed by atoms with Gasteiger partial charge < -0.3 is 25.8 Å². The normalized spacial score (nSPS) is 17.2. The fourth-order valence-corrected chi connectivity index (χ4v) is 4.05. The van der Waals surface area contributed by atoms with Gasteiger partial charge in [-0.15, -0.1) is 0 Å². The highest BCUT2D eigenvalue weighted by Crippen LogP contribution is 2.26. The van der Waals surface area contributed by atoms with Gasteiger partial charge in [-0.3, -0.25) is 19.2 Å². The molecule has 33 heavy (non-hydrogen) atoms. The smallest absolute Gasteiger partial charge is 0.290 e. The number of nitrogens with two attached hydrogens (primary N) is 1. The summed E-state index contributed by atoms with van der Waals surface area (Å²) in [7, 11) is 1.60. The Balaban J connectivity index is 0.00000172. The molecule has 0 bridgehead atoms. The Morgan fingerprint density at radius 2 is 1.88 bits per heavy atom. The second kappa shape index (κ2) is 14.9. The van der Waals surface area contributed by atoms with Crippen LogP contribution in [0.25, 0.3) is 0 Å². The third kappa shape index (κ3) is 10.4. The second-order valence-corrected chi connectivity index (χ2v) is 8.27. The maximum Gasteiger partial charge on any atom is 0.290 e. The maximum absolute atomic E-state index is 12.3. The Labute approximate surface area is 195 Å². The van der Waals surface area contributed by atoms with Crippen LogP contribution in [0.3, 0.4) is 0 Å². The van der Waals surface area contributed by atoms with E-state index in [2.05, 4.69) is 17.4 Å². The minimum atomic E-state index is -0.507. The summed E-state index contributed by atoms with van der Waals surface area (Å²) in [4.78, 5) is 45.4. The largest absolute Gasteiger partial charge is 0.494 e. The molecule has 1 aromatic carbocycles. The molecule has 4 N–H and O–H groups in total. The lowest BCUT2D eigenvalue weighted by atomic mass is 9.85. The number of benzene rings is 1. The lowest BCUT2D eigenvalue weighted by Gasteiger charge is -2.30. The molecule has 0 radical (unpaired) electrons. The first kappa shape index (κ1) is 27.9. The molecule has 1 saturated carbocycles. The van der Waals surface area contributed by atoms with Crippen molar-refractivity contribution in [3.05, 3.63) is 29.3 Å². The van der Waals surface area contributed by atoms with Gasteiger partial charge in [0.2, 0.25) is 17.7 Å². The predicted octanol–water partition coefficient (Wildman–Crippen LogP) is 2.04. The predicted molar refractivity (Wildman–Crippen MR) is 125 cm³/mol. The van der Waals surface area contributed by atoms with Gasteiger partial charge in [0.15, 0.2) is 0 Å². The Morgan fingerprint density at radius 1 is 1.24 bits per heavy atom. The molecule has 0 spiro atoms. The number of aryl methyl sites for hydroxylation is 2. The molecule has 1 aromatic rings. The molecule has 9 heteroatoms. The van der Waals surface area contributed by atoms with E-state index in [0.717, 1.165) is 49.8 Å². The third-order valence-electron chi connectivity index (χ3n) is 5.62. The van der Waals surface area contributed by atoms with Crippen LogP contribution in [0, 0.1) is 12.8 Å². The molecule has 1 fully saturated rings. The molecule has 0 saturated heterocycles. The van der Waals surface area contributed by atoms with E-state index in [0.29, 0.717) is 13.0 Å². The van der Waals surface area contributed by atoms with E-state index in [-0.39, 0.29) is 36.8 Å². The van der Waals surface area contributed by atoms with E-state index in [1.807, 2.05) is 19.9 Å². The molecule has 3 amide bonds. The molecule has 0 atom stereocenters. The van der Waals surface area contributed by atoms with Crippen LogP contribution < -0.4 is 15.8 Å². The lowest BCUT2D eigenvalue weighted by molar-refractivity contribution is -0.138. The van der Waals surface area contributed by atoms with E-state index in [4.69, 9.17) is 20.4 Å². The molecule has 9 nitrogen and oxygen atoms in total. The van der Waals surface area contributed by atoms with Gasteiger partial charge in [0, 0.05) is 25.4 Å². The van der Waals surface area contributed by atoms with E-state index in [9.17, 15) is 14.4 Å². The number of primary amides is 1. The van der Waals surface area contributed by atoms with E-state index in [1.165, 1.54) is 10.5 Å². The number of hydrogen-bond acceptors (Lipinski definition) is 5. The fraction of sp³-hybridized carbons (Fsp3) is 0.583. The van der Waals surface area contributed by atoms with Crippen LogP contribution in [0.4, 0.5) is 0 Å². The van der Waals surface area contributed by atoms with Crippen molar-refractivity contribution in [2.75, 3.05) is 20.2 Å². The molecular formula is C24H37N3O6. The van der Waals surface area contributed by atoms with Crippen LogP contribution in [-0.2, 0) is 25.6 Å². The maximum atomic E-state index is 12.3. The summed E-state index contributed by atoms with van der Waals surface area (Å²) >= 11 is 0. The average Bonchev–Trinajstić information content (AvgIpc) is 2.76. The first-order valence-corrected chi connectivity index (χ1v) is 11.3. The Morgan fingerprint density at radius 3 is 2.42 bits per heavy atom. The highest BCUT2D eigenvalue weighted by atomic mass is 16.5. The highest BCUT2D eigenvalue weighted by molar-refractivity contribution is 5.85. The van der Waals surface area contributed by atoms with Gasteiger partial charge in [0.05, 0.1) is 13.2 Å². The quantitative estimate of drug-likeness (QED) is 0.454. The molecule has 0 unspecified atom stereocenters. The van der Waals surface area contributed by atoms with Crippen molar-refractivity contribution in [3.8, 4) is 5.75 Å². The Bertz CT molecular complexity index is 790. The topological polar surface area (TPSA) is 139 Å². The zero-order chi connectivity index (χ0) is 24.8. The number of amides is 3. The SMILES string of the molecule is CCOc1ccc(CCCC(=O)NC2CCC(C(=O)N(C)CC(N)=O)CC2)cc1C.O=CO. The Hall–Kier alpha value is -3.10. The van der Waals surface area contributed by atoms with Crippen molar-refractivity contribution in [3.63, 3.8) is 0 Å². The number of carboxylic acid groups (broad SMARTS) is 1. The number of likely N-dealkylation sites (N-methyl/N-ethyl adjacent to an activating group) is 1. The number of ether oxygens (including phenoxy) is 1. The van der Waals surface area contributed by atoms with Crippen molar-refractivity contribution in [2.24, 2.45) is 11.7 Å². The van der Waals surface area contributed by atoms with Crippen molar-refractivity contribution >= 4 is 24.2 Å².